The number of carbonyl (C=O) groups excluding carboxylic acids is 1. The minimum atomic E-state index is -0.0744. The van der Waals surface area contributed by atoms with Gasteiger partial charge in [-0.05, 0) is 12.5 Å². The first kappa shape index (κ1) is 11.1. The first-order chi connectivity index (χ1) is 8.31. The summed E-state index contributed by atoms with van der Waals surface area (Å²) in [5.41, 5.74) is 9.52. The average molecular weight is 231 g/mol. The summed E-state index contributed by atoms with van der Waals surface area (Å²) >= 11 is 0. The Morgan fingerprint density at radius 3 is 2.76 bits per heavy atom. The molecule has 1 unspecified atom stereocenters. The third kappa shape index (κ3) is 2.60. The molecule has 1 aromatic carbocycles. The zero-order chi connectivity index (χ0) is 12.1. The molecule has 3 N–H and O–H groups in total. The van der Waals surface area contributed by atoms with Crippen molar-refractivity contribution in [1.82, 2.24) is 16.3 Å². The topological polar surface area (TPSA) is 77.9 Å². The van der Waals surface area contributed by atoms with Crippen LogP contribution in [0.2, 0.25) is 0 Å². The highest BCUT2D eigenvalue weighted by Gasteiger charge is 2.17. The Hall–Kier alpha value is -2.37. The minimum absolute atomic E-state index is 0.0744. The van der Waals surface area contributed by atoms with Crippen LogP contribution in [-0.2, 0) is 4.79 Å². The smallest absolute Gasteiger partial charge is 0.231 e. The van der Waals surface area contributed by atoms with E-state index in [9.17, 15) is 4.79 Å². The number of rotatable bonds is 3. The number of hydrogen-bond donors (Lipinski definition) is 3. The molecule has 0 saturated carbocycles. The summed E-state index contributed by atoms with van der Waals surface area (Å²) < 4.78 is 0. The van der Waals surface area contributed by atoms with Gasteiger partial charge in [0.2, 0.25) is 12.4 Å². The van der Waals surface area contributed by atoms with Crippen LogP contribution in [0.5, 0.6) is 0 Å². The Balaban J connectivity index is 2.10. The second kappa shape index (κ2) is 5.11. The Bertz CT molecular complexity index is 454. The normalized spacial score (nSPS) is 18.5. The molecule has 1 aliphatic heterocycles. The Kier molecular flexibility index (Phi) is 3.34. The summed E-state index contributed by atoms with van der Waals surface area (Å²) in [5.74, 6) is 0.421. The summed E-state index contributed by atoms with van der Waals surface area (Å²) in [6.45, 7) is 1.94. The number of hydrazone groups is 1. The Labute approximate surface area is 98.8 Å². The van der Waals surface area contributed by atoms with Gasteiger partial charge in [-0.1, -0.05) is 30.3 Å². The molecule has 17 heavy (non-hydrogen) atoms. The number of hydrogen-bond acceptors (Lipinski definition) is 5. The summed E-state index contributed by atoms with van der Waals surface area (Å²) in [6.07, 6.45) is 0.533. The molecule has 1 amide bonds. The van der Waals surface area contributed by atoms with Crippen LogP contribution >= 0.6 is 0 Å². The number of hydrazine groups is 1. The van der Waals surface area contributed by atoms with Crippen LogP contribution in [0.25, 0.3) is 0 Å². The van der Waals surface area contributed by atoms with E-state index >= 15 is 0 Å². The molecule has 6 heteroatoms. The molecule has 88 valence electrons. The third-order valence-corrected chi connectivity index (χ3v) is 2.32. The van der Waals surface area contributed by atoms with Crippen LogP contribution < -0.4 is 16.3 Å². The van der Waals surface area contributed by atoms with Gasteiger partial charge >= 0.3 is 0 Å². The van der Waals surface area contributed by atoms with Crippen molar-refractivity contribution in [2.24, 2.45) is 10.1 Å². The first-order valence-corrected chi connectivity index (χ1v) is 5.23. The van der Waals surface area contributed by atoms with E-state index in [1.165, 1.54) is 0 Å². The van der Waals surface area contributed by atoms with Crippen molar-refractivity contribution in [3.05, 3.63) is 35.9 Å². The molecule has 0 radical (unpaired) electrons. The number of amides is 1. The Morgan fingerprint density at radius 2 is 2.12 bits per heavy atom. The quantitative estimate of drug-likeness (QED) is 0.505. The molecule has 6 nitrogen and oxygen atoms in total. The molecule has 1 heterocycles. The number of aliphatic imine (C=N–C) groups is 1. The molecule has 0 saturated heterocycles. The van der Waals surface area contributed by atoms with Crippen molar-refractivity contribution >= 4 is 18.1 Å². The summed E-state index contributed by atoms with van der Waals surface area (Å²) in [4.78, 5) is 14.4. The van der Waals surface area contributed by atoms with Gasteiger partial charge in [0.1, 0.15) is 0 Å². The Morgan fingerprint density at radius 1 is 1.35 bits per heavy atom. The van der Waals surface area contributed by atoms with Gasteiger partial charge < -0.3 is 0 Å². The fraction of sp³-hybridized carbons (Fsp3) is 0.182. The molecule has 0 bridgehead atoms. The lowest BCUT2D eigenvalue weighted by atomic mass is 10.0. The maximum absolute atomic E-state index is 10.1. The molecule has 2 rings (SSSR count). The van der Waals surface area contributed by atoms with Gasteiger partial charge in [-0.3, -0.25) is 15.6 Å². The second-order valence-electron chi connectivity index (χ2n) is 3.52. The standard InChI is InChI=1S/C11H13N5O/c1-8-10(9-5-3-2-4-6-9)14-16-11(13-8)15-12-7-17/h2-8H,1H3,(H,12,17)(H2,13,15,16). The van der Waals surface area contributed by atoms with Crippen LogP contribution in [0.3, 0.4) is 0 Å². The monoisotopic (exact) mass is 231 g/mol. The molecular weight excluding hydrogens is 218 g/mol. The van der Waals surface area contributed by atoms with Crippen molar-refractivity contribution in [2.45, 2.75) is 13.0 Å². The number of benzene rings is 1. The van der Waals surface area contributed by atoms with Gasteiger partial charge in [0.15, 0.2) is 0 Å². The van der Waals surface area contributed by atoms with Crippen molar-refractivity contribution < 1.29 is 4.79 Å². The van der Waals surface area contributed by atoms with E-state index in [0.29, 0.717) is 12.4 Å². The zero-order valence-corrected chi connectivity index (χ0v) is 9.34. The molecule has 0 fully saturated rings. The number of carbonyl (C=O) groups is 1. The lowest BCUT2D eigenvalue weighted by Gasteiger charge is -2.19. The van der Waals surface area contributed by atoms with Gasteiger partial charge in [-0.25, -0.2) is 10.4 Å². The van der Waals surface area contributed by atoms with Crippen molar-refractivity contribution in [2.75, 3.05) is 0 Å². The fourth-order valence-corrected chi connectivity index (χ4v) is 1.56. The molecule has 1 atom stereocenters. The van der Waals surface area contributed by atoms with Crippen molar-refractivity contribution in [3.63, 3.8) is 0 Å². The van der Waals surface area contributed by atoms with Gasteiger partial charge in [0, 0.05) is 0 Å². The molecule has 0 spiro atoms. The molecule has 0 aliphatic carbocycles. The van der Waals surface area contributed by atoms with E-state index < -0.39 is 0 Å². The highest BCUT2D eigenvalue weighted by Crippen LogP contribution is 2.09. The van der Waals surface area contributed by atoms with E-state index in [2.05, 4.69) is 26.4 Å². The third-order valence-electron chi connectivity index (χ3n) is 2.32. The largest absolute Gasteiger partial charge is 0.277 e. The zero-order valence-electron chi connectivity index (χ0n) is 9.34. The van der Waals surface area contributed by atoms with Gasteiger partial charge in [-0.15, -0.1) is 0 Å². The van der Waals surface area contributed by atoms with Crippen LogP contribution in [0.15, 0.2) is 40.4 Å². The predicted molar refractivity (Wildman–Crippen MR) is 65.3 cm³/mol. The lowest BCUT2D eigenvalue weighted by molar-refractivity contribution is -0.110. The van der Waals surface area contributed by atoms with Crippen molar-refractivity contribution in [1.29, 1.82) is 0 Å². The van der Waals surface area contributed by atoms with E-state index in [1.54, 1.807) is 0 Å². The van der Waals surface area contributed by atoms with Gasteiger partial charge in [0.05, 0.1) is 11.8 Å². The van der Waals surface area contributed by atoms with E-state index in [-0.39, 0.29) is 6.04 Å². The van der Waals surface area contributed by atoms with Crippen LogP contribution in [0.4, 0.5) is 0 Å². The maximum atomic E-state index is 10.1. The van der Waals surface area contributed by atoms with Crippen LogP contribution in [0, 0.1) is 0 Å². The second-order valence-corrected chi connectivity index (χ2v) is 3.52. The molecule has 1 aliphatic rings. The highest BCUT2D eigenvalue weighted by molar-refractivity contribution is 6.07. The predicted octanol–water partition coefficient (Wildman–Crippen LogP) is -0.0110. The van der Waals surface area contributed by atoms with E-state index in [4.69, 9.17) is 0 Å². The molecular formula is C11H13N5O. The van der Waals surface area contributed by atoms with Gasteiger partial charge in [-0.2, -0.15) is 5.10 Å². The average Bonchev–Trinajstić information content (AvgIpc) is 2.37. The molecule has 0 aromatic heterocycles. The summed E-state index contributed by atoms with van der Waals surface area (Å²) in [7, 11) is 0. The summed E-state index contributed by atoms with van der Waals surface area (Å²) in [6, 6.07) is 9.75. The van der Waals surface area contributed by atoms with E-state index in [1.807, 2.05) is 37.3 Å². The minimum Gasteiger partial charge on any atom is -0.277 e. The van der Waals surface area contributed by atoms with Crippen LogP contribution in [0.1, 0.15) is 12.5 Å². The van der Waals surface area contributed by atoms with Crippen LogP contribution in [-0.4, -0.2) is 24.1 Å². The van der Waals surface area contributed by atoms with Gasteiger partial charge in [0.25, 0.3) is 0 Å². The fourth-order valence-electron chi connectivity index (χ4n) is 1.56. The lowest BCUT2D eigenvalue weighted by Crippen LogP contribution is -2.46. The number of nitrogens with one attached hydrogen (secondary N) is 3. The highest BCUT2D eigenvalue weighted by atomic mass is 16.1. The van der Waals surface area contributed by atoms with E-state index in [0.717, 1.165) is 11.3 Å². The number of nitrogens with zero attached hydrogens (tertiary/aromatic N) is 2. The summed E-state index contributed by atoms with van der Waals surface area (Å²) in [5, 5.41) is 4.23. The molecule has 1 aromatic rings. The number of guanidine groups is 1. The first-order valence-electron chi connectivity index (χ1n) is 5.23. The maximum Gasteiger partial charge on any atom is 0.231 e. The van der Waals surface area contributed by atoms with Crippen molar-refractivity contribution in [3.8, 4) is 0 Å². The SMILES string of the molecule is CC1N=C(NNC=O)NN=C1c1ccccc1.